The summed E-state index contributed by atoms with van der Waals surface area (Å²) in [7, 11) is 0. The van der Waals surface area contributed by atoms with Crippen LogP contribution >= 0.6 is 0 Å². The first-order valence-electron chi connectivity index (χ1n) is 0. The van der Waals surface area contributed by atoms with Crippen LogP contribution in [-0.2, 0) is 16.4 Å². The van der Waals surface area contributed by atoms with Gasteiger partial charge in [0.15, 0.2) is 0 Å². The quantitative estimate of drug-likeness (QED) is 0.339. The molecule has 0 amide bonds. The topological polar surface area (TPSA) is 117 Å². The number of hydrogen-bond donors (Lipinski definition) is 0. The van der Waals surface area contributed by atoms with Crippen LogP contribution < -0.4 is 80.9 Å². The molecule has 0 radical (unpaired) electrons. The van der Waals surface area contributed by atoms with Crippen molar-refractivity contribution in [3.05, 3.63) is 0 Å². The molecule has 0 aromatic heterocycles. The molecule has 0 fully saturated rings. The normalized spacial score (nSPS) is 0. The average Bonchev–Trinajstić information content (AvgIpc) is 0. The minimum absolute atomic E-state index is 0. The molecular formula is H2CaKMgNaO4. The monoisotopic (exact) mass is 192 g/mol. The second-order valence-electron chi connectivity index (χ2n) is 0. The molecule has 0 aliphatic carbocycles. The SMILES string of the molecule is O.[Ca+2].[K+].[Mg+2].[Na+].[O-2].[O-2].[O-2]. The van der Waals surface area contributed by atoms with Crippen molar-refractivity contribution in [3.8, 4) is 0 Å². The fourth-order valence-electron chi connectivity index (χ4n) is 0. The van der Waals surface area contributed by atoms with Crippen molar-refractivity contribution in [2.45, 2.75) is 0 Å². The van der Waals surface area contributed by atoms with E-state index in [1.165, 1.54) is 0 Å². The third-order valence-corrected chi connectivity index (χ3v) is 0. The van der Waals surface area contributed by atoms with Gasteiger partial charge in [-0.15, -0.1) is 0 Å². The van der Waals surface area contributed by atoms with Gasteiger partial charge in [0, 0.05) is 0 Å². The molecule has 0 unspecified atom stereocenters. The first-order chi connectivity index (χ1) is 0. The second-order valence-corrected chi connectivity index (χ2v) is 0. The molecule has 0 aromatic carbocycles. The Morgan fingerprint density at radius 1 is 0.750 bits per heavy atom. The molecular weight excluding hydrogens is 190 g/mol. The maximum Gasteiger partial charge on any atom is 2.00 e. The zero-order valence-electron chi connectivity index (χ0n) is 5.14. The summed E-state index contributed by atoms with van der Waals surface area (Å²) in [6, 6.07) is 0. The van der Waals surface area contributed by atoms with Crippen LogP contribution in [0, 0.1) is 0 Å². The van der Waals surface area contributed by atoms with Crippen LogP contribution in [0.4, 0.5) is 0 Å². The first kappa shape index (κ1) is 81.6. The third kappa shape index (κ3) is 46.8. The van der Waals surface area contributed by atoms with E-state index in [1.807, 2.05) is 0 Å². The predicted molar refractivity (Wildman–Crippen MR) is 17.2 cm³/mol. The molecule has 32 valence electrons. The van der Waals surface area contributed by atoms with Gasteiger partial charge in [-0.05, 0) is 0 Å². The van der Waals surface area contributed by atoms with Crippen LogP contribution in [-0.4, -0.2) is 66.3 Å². The molecule has 0 aliphatic rings. The Kier molecular flexibility index (Phi) is 638. The van der Waals surface area contributed by atoms with Gasteiger partial charge in [0.25, 0.3) is 0 Å². The van der Waals surface area contributed by atoms with E-state index in [0.717, 1.165) is 0 Å². The molecule has 0 rings (SSSR count). The molecule has 0 saturated carbocycles. The fraction of sp³-hybridized carbons (Fsp3) is 0. The largest absolute Gasteiger partial charge is 2.00 e. The maximum atomic E-state index is 0. The molecule has 0 spiro atoms. The van der Waals surface area contributed by atoms with Crippen LogP contribution in [0.1, 0.15) is 0 Å². The van der Waals surface area contributed by atoms with Crippen LogP contribution in [0.3, 0.4) is 0 Å². The molecule has 8 heavy (non-hydrogen) atoms. The number of hydrogen-bond acceptors (Lipinski definition) is 0. The molecule has 0 atom stereocenters. The Labute approximate surface area is 159 Å². The molecule has 8 heteroatoms. The van der Waals surface area contributed by atoms with Crippen molar-refractivity contribution in [1.82, 2.24) is 0 Å². The summed E-state index contributed by atoms with van der Waals surface area (Å²) in [4.78, 5) is 0. The summed E-state index contributed by atoms with van der Waals surface area (Å²) >= 11 is 0. The van der Waals surface area contributed by atoms with Gasteiger partial charge in [0.05, 0.1) is 0 Å². The van der Waals surface area contributed by atoms with Crippen LogP contribution in [0.15, 0.2) is 0 Å². The first-order valence-corrected chi connectivity index (χ1v) is 0. The Hall–Kier alpha value is 4.50. The summed E-state index contributed by atoms with van der Waals surface area (Å²) in [5.41, 5.74) is 0. The van der Waals surface area contributed by atoms with E-state index in [2.05, 4.69) is 0 Å². The predicted octanol–water partition coefficient (Wildman–Crippen LogP) is -7.93. The Morgan fingerprint density at radius 2 is 0.750 bits per heavy atom. The second kappa shape index (κ2) is 62.6. The van der Waals surface area contributed by atoms with Gasteiger partial charge in [0.1, 0.15) is 0 Å². The summed E-state index contributed by atoms with van der Waals surface area (Å²) in [5.74, 6) is 0. The maximum absolute atomic E-state index is 0. The number of rotatable bonds is 0. The van der Waals surface area contributed by atoms with Crippen LogP contribution in [0.5, 0.6) is 0 Å². The van der Waals surface area contributed by atoms with E-state index >= 15 is 0 Å². The van der Waals surface area contributed by atoms with E-state index in [1.54, 1.807) is 0 Å². The van der Waals surface area contributed by atoms with Gasteiger partial charge in [-0.1, -0.05) is 0 Å². The molecule has 0 aliphatic heterocycles. The molecule has 0 bridgehead atoms. The Bertz CT molecular complexity index is 16.0. The van der Waals surface area contributed by atoms with E-state index in [0.29, 0.717) is 0 Å². The van der Waals surface area contributed by atoms with Crippen molar-refractivity contribution >= 4 is 60.8 Å². The summed E-state index contributed by atoms with van der Waals surface area (Å²) < 4.78 is 0. The molecule has 0 aromatic rings. The third-order valence-electron chi connectivity index (χ3n) is 0. The van der Waals surface area contributed by atoms with Gasteiger partial charge < -0.3 is 21.9 Å². The standard InChI is InChI=1S/Ca.K.Mg.Na.H2O.3O/h;;;;1H2;;;/q+2;+1;+2;+1;;3*-2. The fourth-order valence-corrected chi connectivity index (χ4v) is 0. The van der Waals surface area contributed by atoms with Crippen molar-refractivity contribution in [2.24, 2.45) is 0 Å². The minimum Gasteiger partial charge on any atom is -2.00 e. The smallest absolute Gasteiger partial charge is 2.00 e. The van der Waals surface area contributed by atoms with Crippen LogP contribution in [0.2, 0.25) is 0 Å². The van der Waals surface area contributed by atoms with Crippen molar-refractivity contribution in [3.63, 3.8) is 0 Å². The summed E-state index contributed by atoms with van der Waals surface area (Å²) in [6.45, 7) is 0. The van der Waals surface area contributed by atoms with Gasteiger partial charge in [-0.3, -0.25) is 0 Å². The summed E-state index contributed by atoms with van der Waals surface area (Å²) in [6.07, 6.45) is 0. The van der Waals surface area contributed by atoms with E-state index in [9.17, 15) is 0 Å². The van der Waals surface area contributed by atoms with Crippen molar-refractivity contribution in [1.29, 1.82) is 0 Å². The van der Waals surface area contributed by atoms with E-state index in [4.69, 9.17) is 0 Å². The van der Waals surface area contributed by atoms with Gasteiger partial charge in [0.2, 0.25) is 0 Å². The average molecular weight is 192 g/mol. The minimum atomic E-state index is 0. The molecule has 0 saturated heterocycles. The Balaban J connectivity index is 0. The molecule has 0 heterocycles. The van der Waals surface area contributed by atoms with Gasteiger partial charge in [-0.25, -0.2) is 0 Å². The van der Waals surface area contributed by atoms with Gasteiger partial charge >= 0.3 is 142 Å². The zero-order chi connectivity index (χ0) is 0. The Morgan fingerprint density at radius 3 is 0.750 bits per heavy atom. The molecule has 2 N–H and O–H groups in total. The van der Waals surface area contributed by atoms with Crippen LogP contribution in [0.25, 0.3) is 0 Å². The van der Waals surface area contributed by atoms with E-state index < -0.39 is 0 Å². The molecule has 4 nitrogen and oxygen atoms in total. The van der Waals surface area contributed by atoms with Crippen molar-refractivity contribution < 1.29 is 103 Å². The zero-order valence-corrected chi connectivity index (χ0v) is 13.9. The van der Waals surface area contributed by atoms with E-state index in [-0.39, 0.29) is 164 Å². The van der Waals surface area contributed by atoms with Gasteiger partial charge in [-0.2, -0.15) is 0 Å². The van der Waals surface area contributed by atoms with Crippen molar-refractivity contribution in [2.75, 3.05) is 0 Å². The summed E-state index contributed by atoms with van der Waals surface area (Å²) in [5, 5.41) is 0.